The second-order valence-corrected chi connectivity index (χ2v) is 4.99. The van der Waals surface area contributed by atoms with Gasteiger partial charge in [0.2, 0.25) is 0 Å². The molecule has 0 amide bonds. The Hall–Kier alpha value is -1.66. The van der Waals surface area contributed by atoms with Gasteiger partial charge in [-0.25, -0.2) is 9.18 Å². The lowest BCUT2D eigenvalue weighted by molar-refractivity contribution is 0.0600. The Morgan fingerprint density at radius 3 is 2.95 bits per heavy atom. The molecule has 2 aromatic rings. The third-order valence-corrected chi connectivity index (χ3v) is 3.47. The number of halogens is 2. The molecule has 0 aliphatic carbocycles. The number of hydrogen-bond acceptors (Lipinski definition) is 4. The number of furan rings is 1. The molecule has 0 unspecified atom stereocenters. The Kier molecular flexibility index (Phi) is 4.92. The number of nitrogens with one attached hydrogen (secondary N) is 1. The first kappa shape index (κ1) is 14.7. The fraction of sp³-hybridized carbons (Fsp3) is 0.214. The Labute approximate surface area is 124 Å². The topological polar surface area (TPSA) is 51.5 Å². The van der Waals surface area contributed by atoms with Crippen LogP contribution >= 0.6 is 15.9 Å². The second-order valence-electron chi connectivity index (χ2n) is 4.13. The van der Waals surface area contributed by atoms with Crippen LogP contribution < -0.4 is 5.32 Å². The Morgan fingerprint density at radius 2 is 2.20 bits per heavy atom. The number of rotatable bonds is 5. The number of benzene rings is 1. The molecule has 20 heavy (non-hydrogen) atoms. The van der Waals surface area contributed by atoms with Gasteiger partial charge in [-0.05, 0) is 29.8 Å². The maximum Gasteiger partial charge on any atom is 0.341 e. The third kappa shape index (κ3) is 3.68. The van der Waals surface area contributed by atoms with Crippen LogP contribution in [0.1, 0.15) is 21.7 Å². The molecular weight excluding hydrogens is 329 g/mol. The van der Waals surface area contributed by atoms with Crippen molar-refractivity contribution in [1.82, 2.24) is 5.32 Å². The molecule has 1 N–H and O–H groups in total. The SMILES string of the molecule is COC(=O)c1coc(CNCc2cc(F)ccc2Br)c1. The van der Waals surface area contributed by atoms with Gasteiger partial charge < -0.3 is 14.5 Å². The van der Waals surface area contributed by atoms with E-state index < -0.39 is 5.97 Å². The van der Waals surface area contributed by atoms with Gasteiger partial charge in [0, 0.05) is 11.0 Å². The van der Waals surface area contributed by atoms with Crippen molar-refractivity contribution in [3.05, 3.63) is 57.7 Å². The normalized spacial score (nSPS) is 10.6. The molecule has 0 radical (unpaired) electrons. The van der Waals surface area contributed by atoms with Crippen molar-refractivity contribution >= 4 is 21.9 Å². The van der Waals surface area contributed by atoms with Crippen LogP contribution in [0.3, 0.4) is 0 Å². The molecule has 0 aliphatic rings. The highest BCUT2D eigenvalue weighted by Gasteiger charge is 2.10. The van der Waals surface area contributed by atoms with Gasteiger partial charge >= 0.3 is 5.97 Å². The van der Waals surface area contributed by atoms with Crippen LogP contribution in [0.2, 0.25) is 0 Å². The fourth-order valence-electron chi connectivity index (χ4n) is 1.70. The highest BCUT2D eigenvalue weighted by atomic mass is 79.9. The molecule has 4 nitrogen and oxygen atoms in total. The van der Waals surface area contributed by atoms with Crippen LogP contribution in [-0.2, 0) is 17.8 Å². The zero-order valence-electron chi connectivity index (χ0n) is 10.8. The van der Waals surface area contributed by atoms with Crippen LogP contribution in [0.5, 0.6) is 0 Å². The first-order valence-corrected chi connectivity index (χ1v) is 6.70. The number of carbonyl (C=O) groups is 1. The van der Waals surface area contributed by atoms with Gasteiger partial charge in [0.05, 0.1) is 19.2 Å². The quantitative estimate of drug-likeness (QED) is 0.848. The van der Waals surface area contributed by atoms with E-state index in [1.165, 1.54) is 25.5 Å². The lowest BCUT2D eigenvalue weighted by atomic mass is 10.2. The molecule has 0 saturated heterocycles. The highest BCUT2D eigenvalue weighted by molar-refractivity contribution is 9.10. The molecule has 0 aliphatic heterocycles. The Morgan fingerprint density at radius 1 is 1.40 bits per heavy atom. The number of methoxy groups -OCH3 is 1. The third-order valence-electron chi connectivity index (χ3n) is 2.70. The zero-order valence-corrected chi connectivity index (χ0v) is 12.4. The van der Waals surface area contributed by atoms with Crippen molar-refractivity contribution in [3.8, 4) is 0 Å². The summed E-state index contributed by atoms with van der Waals surface area (Å²) in [5.41, 5.74) is 1.18. The molecular formula is C14H13BrFNO3. The van der Waals surface area contributed by atoms with Crippen molar-refractivity contribution in [2.45, 2.75) is 13.1 Å². The average molecular weight is 342 g/mol. The fourth-order valence-corrected chi connectivity index (χ4v) is 2.08. The van der Waals surface area contributed by atoms with Gasteiger partial charge in [-0.3, -0.25) is 0 Å². The van der Waals surface area contributed by atoms with Gasteiger partial charge in [0.25, 0.3) is 0 Å². The predicted molar refractivity (Wildman–Crippen MR) is 74.7 cm³/mol. The summed E-state index contributed by atoms with van der Waals surface area (Å²) in [5.74, 6) is -0.109. The number of carbonyl (C=O) groups excluding carboxylic acids is 1. The Balaban J connectivity index is 1.91. The smallest absolute Gasteiger partial charge is 0.341 e. The van der Waals surface area contributed by atoms with E-state index in [9.17, 15) is 9.18 Å². The van der Waals surface area contributed by atoms with Gasteiger partial charge in [-0.15, -0.1) is 0 Å². The summed E-state index contributed by atoms with van der Waals surface area (Å²) in [6.45, 7) is 0.909. The van der Waals surface area contributed by atoms with E-state index in [-0.39, 0.29) is 5.82 Å². The summed E-state index contributed by atoms with van der Waals surface area (Å²) < 4.78 is 23.8. The maximum atomic E-state index is 13.1. The largest absolute Gasteiger partial charge is 0.467 e. The van der Waals surface area contributed by atoms with Gasteiger partial charge in [0.1, 0.15) is 17.8 Å². The molecule has 0 saturated carbocycles. The van der Waals surface area contributed by atoms with E-state index in [1.807, 2.05) is 0 Å². The van der Waals surface area contributed by atoms with E-state index in [2.05, 4.69) is 26.0 Å². The minimum Gasteiger partial charge on any atom is -0.467 e. The molecule has 1 aromatic carbocycles. The first-order chi connectivity index (χ1) is 9.60. The van der Waals surface area contributed by atoms with E-state index in [4.69, 9.17) is 4.42 Å². The van der Waals surface area contributed by atoms with E-state index in [0.717, 1.165) is 10.0 Å². The summed E-state index contributed by atoms with van der Waals surface area (Å²) >= 11 is 3.36. The zero-order chi connectivity index (χ0) is 14.5. The second kappa shape index (κ2) is 6.67. The van der Waals surface area contributed by atoms with Crippen molar-refractivity contribution in [2.75, 3.05) is 7.11 Å². The minimum absolute atomic E-state index is 0.282. The standard InChI is InChI=1S/C14H13BrFNO3/c1-19-14(18)10-5-12(20-8-10)7-17-6-9-4-11(16)2-3-13(9)15/h2-5,8,17H,6-7H2,1H3. The van der Waals surface area contributed by atoms with Crippen molar-refractivity contribution in [2.24, 2.45) is 0 Å². The van der Waals surface area contributed by atoms with Crippen LogP contribution in [0.25, 0.3) is 0 Å². The first-order valence-electron chi connectivity index (χ1n) is 5.90. The van der Waals surface area contributed by atoms with Crippen molar-refractivity contribution in [3.63, 3.8) is 0 Å². The van der Waals surface area contributed by atoms with Crippen molar-refractivity contribution in [1.29, 1.82) is 0 Å². The van der Waals surface area contributed by atoms with Crippen molar-refractivity contribution < 1.29 is 18.3 Å². The monoisotopic (exact) mass is 341 g/mol. The summed E-state index contributed by atoms with van der Waals surface area (Å²) in [6.07, 6.45) is 1.35. The summed E-state index contributed by atoms with van der Waals surface area (Å²) in [6, 6.07) is 6.12. The molecule has 1 aromatic heterocycles. The summed E-state index contributed by atoms with van der Waals surface area (Å²) in [4.78, 5) is 11.3. The number of hydrogen-bond donors (Lipinski definition) is 1. The maximum absolute atomic E-state index is 13.1. The van der Waals surface area contributed by atoms with Crippen LogP contribution in [0.15, 0.2) is 39.4 Å². The minimum atomic E-state index is -0.437. The number of ether oxygens (including phenoxy) is 1. The van der Waals surface area contributed by atoms with Crippen LogP contribution in [0, 0.1) is 5.82 Å². The molecule has 0 bridgehead atoms. The molecule has 0 fully saturated rings. The van der Waals surface area contributed by atoms with Crippen LogP contribution in [-0.4, -0.2) is 13.1 Å². The average Bonchev–Trinajstić information content (AvgIpc) is 2.90. The molecule has 2 rings (SSSR count). The van der Waals surface area contributed by atoms with E-state index in [1.54, 1.807) is 12.1 Å². The highest BCUT2D eigenvalue weighted by Crippen LogP contribution is 2.18. The summed E-state index contributed by atoms with van der Waals surface area (Å²) in [5, 5.41) is 3.11. The van der Waals surface area contributed by atoms with Gasteiger partial charge in [0.15, 0.2) is 0 Å². The van der Waals surface area contributed by atoms with Crippen LogP contribution in [0.4, 0.5) is 4.39 Å². The molecule has 106 valence electrons. The van der Waals surface area contributed by atoms with E-state index >= 15 is 0 Å². The lowest BCUT2D eigenvalue weighted by Gasteiger charge is -2.05. The molecule has 0 spiro atoms. The molecule has 6 heteroatoms. The molecule has 0 atom stereocenters. The lowest BCUT2D eigenvalue weighted by Crippen LogP contribution is -2.12. The molecule has 1 heterocycles. The number of esters is 1. The summed E-state index contributed by atoms with van der Waals surface area (Å²) in [7, 11) is 1.31. The van der Waals surface area contributed by atoms with Gasteiger partial charge in [-0.1, -0.05) is 15.9 Å². The van der Waals surface area contributed by atoms with Gasteiger partial charge in [-0.2, -0.15) is 0 Å². The Bertz CT molecular complexity index is 612. The van der Waals surface area contributed by atoms with E-state index in [0.29, 0.717) is 24.4 Å². The predicted octanol–water partition coefficient (Wildman–Crippen LogP) is 3.26.